The van der Waals surface area contributed by atoms with Crippen molar-refractivity contribution in [2.45, 2.75) is 13.8 Å². The third-order valence-corrected chi connectivity index (χ3v) is 5.30. The fraction of sp³-hybridized carbons (Fsp3) is 0.0741. The number of ether oxygens (including phenoxy) is 1. The molecule has 1 aromatic heterocycles. The first-order chi connectivity index (χ1) is 16.9. The Hall–Kier alpha value is -5.21. The lowest BCUT2D eigenvalue weighted by atomic mass is 9.99. The topological polar surface area (TPSA) is 138 Å². The van der Waals surface area contributed by atoms with Gasteiger partial charge in [-0.25, -0.2) is 4.98 Å². The molecule has 3 N–H and O–H groups in total. The first-order valence-electron chi connectivity index (χ1n) is 10.6. The first-order valence-corrected chi connectivity index (χ1v) is 10.6. The van der Waals surface area contributed by atoms with Gasteiger partial charge in [0.15, 0.2) is 0 Å². The second-order valence-electron chi connectivity index (χ2n) is 7.82. The van der Waals surface area contributed by atoms with E-state index in [2.05, 4.69) is 27.4 Å². The van der Waals surface area contributed by atoms with Crippen molar-refractivity contribution in [1.29, 1.82) is 10.5 Å². The van der Waals surface area contributed by atoms with Crippen LogP contribution in [0.2, 0.25) is 0 Å². The van der Waals surface area contributed by atoms with Crippen LogP contribution in [0.25, 0.3) is 11.1 Å². The summed E-state index contributed by atoms with van der Waals surface area (Å²) < 4.78 is 6.10. The van der Waals surface area contributed by atoms with Gasteiger partial charge < -0.3 is 15.8 Å². The van der Waals surface area contributed by atoms with Gasteiger partial charge in [0.2, 0.25) is 11.8 Å². The van der Waals surface area contributed by atoms with Crippen LogP contribution < -0.4 is 15.8 Å². The molecule has 0 aliphatic heterocycles. The van der Waals surface area contributed by atoms with E-state index in [9.17, 15) is 4.79 Å². The number of nitrogens with one attached hydrogen (secondary N) is 1. The standard InChI is InChI=1S/C27H20N6O2/c1-16-11-21(20-7-3-18(13-28)4-8-20)12-17(2)24(16)35-26-23(25(30)34)15-31-27(33-26)32-22-9-5-19(14-29)6-10-22/h3-12,15H,1-2H3,(H2,30,34)(H,31,32,33). The molecule has 0 saturated carbocycles. The van der Waals surface area contributed by atoms with Crippen molar-refractivity contribution < 1.29 is 9.53 Å². The van der Waals surface area contributed by atoms with Gasteiger partial charge in [-0.1, -0.05) is 12.1 Å². The fourth-order valence-electron chi connectivity index (χ4n) is 3.54. The van der Waals surface area contributed by atoms with Gasteiger partial charge in [-0.2, -0.15) is 15.5 Å². The van der Waals surface area contributed by atoms with Crippen LogP contribution in [0.1, 0.15) is 32.6 Å². The highest BCUT2D eigenvalue weighted by Gasteiger charge is 2.17. The molecule has 0 aliphatic carbocycles. The Bertz CT molecular complexity index is 1470. The van der Waals surface area contributed by atoms with Crippen molar-refractivity contribution in [3.8, 4) is 34.9 Å². The predicted octanol–water partition coefficient (Wildman–Crippen LogP) is 5.14. The van der Waals surface area contributed by atoms with Crippen molar-refractivity contribution in [1.82, 2.24) is 9.97 Å². The van der Waals surface area contributed by atoms with Gasteiger partial charge in [0, 0.05) is 11.9 Å². The maximum Gasteiger partial charge on any atom is 0.255 e. The quantitative estimate of drug-likeness (QED) is 0.406. The smallest absolute Gasteiger partial charge is 0.255 e. The number of nitrogens with two attached hydrogens (primary N) is 1. The van der Waals surface area contributed by atoms with Gasteiger partial charge >= 0.3 is 0 Å². The molecule has 0 atom stereocenters. The summed E-state index contributed by atoms with van der Waals surface area (Å²) in [5.41, 5.74) is 11.0. The third kappa shape index (κ3) is 5.08. The number of carbonyl (C=O) groups is 1. The largest absolute Gasteiger partial charge is 0.437 e. The molecule has 0 spiro atoms. The zero-order valence-electron chi connectivity index (χ0n) is 19.0. The molecule has 0 aliphatic rings. The zero-order valence-corrected chi connectivity index (χ0v) is 19.0. The van der Waals surface area contributed by atoms with E-state index in [1.807, 2.05) is 38.1 Å². The maximum atomic E-state index is 12.0. The Morgan fingerprint density at radius 1 is 0.914 bits per heavy atom. The third-order valence-electron chi connectivity index (χ3n) is 5.30. The molecule has 3 aromatic carbocycles. The lowest BCUT2D eigenvalue weighted by Gasteiger charge is -2.15. The molecule has 0 bridgehead atoms. The molecular formula is C27H20N6O2. The predicted molar refractivity (Wildman–Crippen MR) is 131 cm³/mol. The number of benzene rings is 3. The lowest BCUT2D eigenvalue weighted by molar-refractivity contribution is 0.0997. The SMILES string of the molecule is Cc1cc(-c2ccc(C#N)cc2)cc(C)c1Oc1nc(Nc2ccc(C#N)cc2)ncc1C(N)=O. The summed E-state index contributed by atoms with van der Waals surface area (Å²) in [4.78, 5) is 20.5. The number of rotatable bonds is 6. The van der Waals surface area contributed by atoms with E-state index in [0.717, 1.165) is 22.3 Å². The maximum absolute atomic E-state index is 12.0. The second-order valence-corrected chi connectivity index (χ2v) is 7.82. The van der Waals surface area contributed by atoms with Crippen LogP contribution in [0.5, 0.6) is 11.6 Å². The molecule has 1 heterocycles. The molecule has 0 saturated heterocycles. The van der Waals surface area contributed by atoms with E-state index in [1.54, 1.807) is 36.4 Å². The number of nitrogens with zero attached hydrogens (tertiary/aromatic N) is 4. The van der Waals surface area contributed by atoms with E-state index in [1.165, 1.54) is 6.20 Å². The Morgan fingerprint density at radius 2 is 1.49 bits per heavy atom. The summed E-state index contributed by atoms with van der Waals surface area (Å²) in [7, 11) is 0. The summed E-state index contributed by atoms with van der Waals surface area (Å²) in [6, 6.07) is 22.2. The van der Waals surface area contributed by atoms with Crippen LogP contribution in [-0.2, 0) is 0 Å². The molecule has 8 nitrogen and oxygen atoms in total. The molecule has 4 rings (SSSR count). The Kier molecular flexibility index (Phi) is 6.39. The molecule has 4 aromatic rings. The molecule has 8 heteroatoms. The summed E-state index contributed by atoms with van der Waals surface area (Å²) in [6.07, 6.45) is 1.31. The van der Waals surface area contributed by atoms with Crippen LogP contribution in [0.15, 0.2) is 66.9 Å². The lowest BCUT2D eigenvalue weighted by Crippen LogP contribution is -2.14. The number of nitriles is 2. The van der Waals surface area contributed by atoms with Gasteiger partial charge in [0.1, 0.15) is 11.3 Å². The normalized spacial score (nSPS) is 10.2. The van der Waals surface area contributed by atoms with Crippen molar-refractivity contribution >= 4 is 17.5 Å². The summed E-state index contributed by atoms with van der Waals surface area (Å²) in [6.45, 7) is 3.80. The fourth-order valence-corrected chi connectivity index (χ4v) is 3.54. The zero-order chi connectivity index (χ0) is 24.9. The van der Waals surface area contributed by atoms with Crippen LogP contribution in [0.3, 0.4) is 0 Å². The Balaban J connectivity index is 1.66. The van der Waals surface area contributed by atoms with E-state index in [-0.39, 0.29) is 17.4 Å². The highest BCUT2D eigenvalue weighted by atomic mass is 16.5. The number of aromatic nitrogens is 2. The Morgan fingerprint density at radius 3 is 2.03 bits per heavy atom. The van der Waals surface area contributed by atoms with Crippen molar-refractivity contribution in [3.05, 3.63) is 94.7 Å². The monoisotopic (exact) mass is 460 g/mol. The first kappa shape index (κ1) is 23.0. The van der Waals surface area contributed by atoms with Gasteiger partial charge in [0.05, 0.1) is 23.3 Å². The number of primary amides is 1. The van der Waals surface area contributed by atoms with Gasteiger partial charge in [-0.05, 0) is 84.6 Å². The molecular weight excluding hydrogens is 440 g/mol. The van der Waals surface area contributed by atoms with Crippen molar-refractivity contribution in [2.75, 3.05) is 5.32 Å². The minimum absolute atomic E-state index is 0.0287. The Labute approximate surface area is 202 Å². The molecule has 0 unspecified atom stereocenters. The van der Waals surface area contributed by atoms with E-state index < -0.39 is 5.91 Å². The van der Waals surface area contributed by atoms with E-state index in [0.29, 0.717) is 22.6 Å². The van der Waals surface area contributed by atoms with Crippen molar-refractivity contribution in [2.24, 2.45) is 5.73 Å². The number of amides is 1. The minimum atomic E-state index is -0.713. The van der Waals surface area contributed by atoms with Crippen molar-refractivity contribution in [3.63, 3.8) is 0 Å². The number of anilines is 2. The molecule has 35 heavy (non-hydrogen) atoms. The van der Waals surface area contributed by atoms with Gasteiger partial charge in [-0.15, -0.1) is 0 Å². The highest BCUT2D eigenvalue weighted by molar-refractivity contribution is 5.95. The van der Waals surface area contributed by atoms with Crippen LogP contribution in [0, 0.1) is 36.5 Å². The molecule has 0 radical (unpaired) electrons. The second kappa shape index (κ2) is 9.74. The average Bonchev–Trinajstić information content (AvgIpc) is 2.86. The summed E-state index contributed by atoms with van der Waals surface area (Å²) in [5.74, 6) is 0.0718. The van der Waals surface area contributed by atoms with Gasteiger partial charge in [-0.3, -0.25) is 4.79 Å². The minimum Gasteiger partial charge on any atom is -0.437 e. The highest BCUT2D eigenvalue weighted by Crippen LogP contribution is 2.34. The number of aryl methyl sites for hydroxylation is 2. The van der Waals surface area contributed by atoms with E-state index >= 15 is 0 Å². The molecule has 0 fully saturated rings. The average molecular weight is 460 g/mol. The van der Waals surface area contributed by atoms with Crippen LogP contribution in [0.4, 0.5) is 11.6 Å². The van der Waals surface area contributed by atoms with Gasteiger partial charge in [0.25, 0.3) is 5.91 Å². The number of carbonyl (C=O) groups excluding carboxylic acids is 1. The van der Waals surface area contributed by atoms with Crippen LogP contribution >= 0.6 is 0 Å². The number of hydrogen-bond donors (Lipinski definition) is 2. The molecule has 1 amide bonds. The van der Waals surface area contributed by atoms with E-state index in [4.69, 9.17) is 21.0 Å². The summed E-state index contributed by atoms with van der Waals surface area (Å²) >= 11 is 0. The van der Waals surface area contributed by atoms with Crippen LogP contribution in [-0.4, -0.2) is 15.9 Å². The number of hydrogen-bond acceptors (Lipinski definition) is 7. The summed E-state index contributed by atoms with van der Waals surface area (Å²) in [5, 5.41) is 21.0. The molecule has 170 valence electrons.